The number of rotatable bonds is 2. The highest BCUT2D eigenvalue weighted by Gasteiger charge is 2.28. The van der Waals surface area contributed by atoms with E-state index in [4.69, 9.17) is 4.74 Å². The summed E-state index contributed by atoms with van der Waals surface area (Å²) >= 11 is 0. The predicted octanol–water partition coefficient (Wildman–Crippen LogP) is 1.46. The van der Waals surface area contributed by atoms with Gasteiger partial charge in [-0.3, -0.25) is 9.48 Å². The topological polar surface area (TPSA) is 47.4 Å². The summed E-state index contributed by atoms with van der Waals surface area (Å²) in [5, 5.41) is 4.32. The molecule has 0 spiro atoms. The molecule has 0 N–H and O–H groups in total. The lowest BCUT2D eigenvalue weighted by molar-refractivity contribution is -0.0588. The first kappa shape index (κ1) is 13.1. The number of aryl methyl sites for hydroxylation is 2. The molecule has 100 valence electrons. The highest BCUT2D eigenvalue weighted by atomic mass is 16.5. The molecule has 18 heavy (non-hydrogen) atoms. The van der Waals surface area contributed by atoms with E-state index >= 15 is 0 Å². The number of morpholine rings is 1. The molecule has 1 aromatic heterocycles. The fraction of sp³-hybridized carbons (Fsp3) is 0.692. The molecule has 0 radical (unpaired) electrons. The van der Waals surface area contributed by atoms with Crippen LogP contribution in [0, 0.1) is 6.92 Å². The summed E-state index contributed by atoms with van der Waals surface area (Å²) in [4.78, 5) is 14.4. The van der Waals surface area contributed by atoms with E-state index in [-0.39, 0.29) is 18.1 Å². The Bertz CT molecular complexity index is 431. The molecule has 1 fully saturated rings. The normalized spacial score (nSPS) is 24.3. The van der Waals surface area contributed by atoms with Crippen molar-refractivity contribution in [3.05, 3.63) is 17.5 Å². The number of hydrogen-bond donors (Lipinski definition) is 0. The number of hydrogen-bond acceptors (Lipinski definition) is 3. The van der Waals surface area contributed by atoms with Crippen LogP contribution in [-0.2, 0) is 11.3 Å². The van der Waals surface area contributed by atoms with E-state index in [0.717, 1.165) is 5.69 Å². The van der Waals surface area contributed by atoms with Crippen LogP contribution in [0.15, 0.2) is 6.07 Å². The summed E-state index contributed by atoms with van der Waals surface area (Å²) in [5.74, 6) is 0.0550. The van der Waals surface area contributed by atoms with Gasteiger partial charge in [-0.25, -0.2) is 0 Å². The van der Waals surface area contributed by atoms with Gasteiger partial charge in [0, 0.05) is 19.6 Å². The second-order valence-electron chi connectivity index (χ2n) is 4.95. The van der Waals surface area contributed by atoms with Gasteiger partial charge in [-0.2, -0.15) is 5.10 Å². The molecule has 2 rings (SSSR count). The molecule has 5 heteroatoms. The first-order valence-electron chi connectivity index (χ1n) is 6.50. The van der Waals surface area contributed by atoms with Crippen LogP contribution in [-0.4, -0.2) is 45.9 Å². The van der Waals surface area contributed by atoms with Crippen LogP contribution in [0.2, 0.25) is 0 Å². The van der Waals surface area contributed by atoms with E-state index in [0.29, 0.717) is 25.3 Å². The van der Waals surface area contributed by atoms with Gasteiger partial charge in [0.2, 0.25) is 0 Å². The zero-order chi connectivity index (χ0) is 13.3. The van der Waals surface area contributed by atoms with Gasteiger partial charge in [0.15, 0.2) is 0 Å². The lowest BCUT2D eigenvalue weighted by Gasteiger charge is -2.35. The molecular weight excluding hydrogens is 230 g/mol. The van der Waals surface area contributed by atoms with Crippen LogP contribution < -0.4 is 0 Å². The van der Waals surface area contributed by atoms with Crippen molar-refractivity contribution in [2.75, 3.05) is 13.1 Å². The zero-order valence-corrected chi connectivity index (χ0v) is 11.5. The van der Waals surface area contributed by atoms with E-state index < -0.39 is 0 Å². The van der Waals surface area contributed by atoms with Crippen molar-refractivity contribution in [2.45, 2.75) is 46.4 Å². The number of amides is 1. The summed E-state index contributed by atoms with van der Waals surface area (Å²) in [7, 11) is 0. The molecule has 1 aromatic rings. The van der Waals surface area contributed by atoms with Crippen LogP contribution in [0.1, 0.15) is 37.0 Å². The third-order valence-electron chi connectivity index (χ3n) is 3.13. The average Bonchev–Trinajstić information content (AvgIpc) is 2.68. The minimum absolute atomic E-state index is 0.0550. The maximum Gasteiger partial charge on any atom is 0.272 e. The van der Waals surface area contributed by atoms with Gasteiger partial charge < -0.3 is 9.64 Å². The summed E-state index contributed by atoms with van der Waals surface area (Å²) in [6.45, 7) is 9.91. The van der Waals surface area contributed by atoms with Crippen molar-refractivity contribution >= 4 is 5.91 Å². The summed E-state index contributed by atoms with van der Waals surface area (Å²) in [6.07, 6.45) is 0.189. The SMILES string of the molecule is CCn1nc(C)cc1C(=O)N1CC(C)OC(C)C1. The number of carbonyl (C=O) groups excluding carboxylic acids is 1. The molecule has 1 aliphatic heterocycles. The Balaban J connectivity index is 2.19. The average molecular weight is 251 g/mol. The molecule has 2 unspecified atom stereocenters. The Morgan fingerprint density at radius 1 is 1.44 bits per heavy atom. The lowest BCUT2D eigenvalue weighted by Crippen LogP contribution is -2.48. The molecule has 5 nitrogen and oxygen atoms in total. The smallest absolute Gasteiger partial charge is 0.272 e. The standard InChI is InChI=1S/C13H21N3O2/c1-5-16-12(6-9(2)14-16)13(17)15-7-10(3)18-11(4)8-15/h6,10-11H,5,7-8H2,1-4H3. The zero-order valence-electron chi connectivity index (χ0n) is 11.5. The van der Waals surface area contributed by atoms with E-state index in [1.807, 2.05) is 38.7 Å². The molecule has 1 saturated heterocycles. The van der Waals surface area contributed by atoms with Crippen molar-refractivity contribution in [1.29, 1.82) is 0 Å². The predicted molar refractivity (Wildman–Crippen MR) is 68.6 cm³/mol. The third-order valence-corrected chi connectivity index (χ3v) is 3.13. The second kappa shape index (κ2) is 5.10. The molecule has 0 bridgehead atoms. The van der Waals surface area contributed by atoms with Crippen molar-refractivity contribution < 1.29 is 9.53 Å². The quantitative estimate of drug-likeness (QED) is 0.799. The maximum absolute atomic E-state index is 12.5. The van der Waals surface area contributed by atoms with Crippen LogP contribution in [0.4, 0.5) is 0 Å². The van der Waals surface area contributed by atoms with Crippen molar-refractivity contribution in [3.63, 3.8) is 0 Å². The number of nitrogens with zero attached hydrogens (tertiary/aromatic N) is 3. The molecule has 1 amide bonds. The second-order valence-corrected chi connectivity index (χ2v) is 4.95. The summed E-state index contributed by atoms with van der Waals surface area (Å²) < 4.78 is 7.41. The van der Waals surface area contributed by atoms with E-state index in [1.54, 1.807) is 4.68 Å². The fourth-order valence-corrected chi connectivity index (χ4v) is 2.46. The molecule has 0 aliphatic carbocycles. The highest BCUT2D eigenvalue weighted by Crippen LogP contribution is 2.15. The third kappa shape index (κ3) is 2.56. The first-order valence-corrected chi connectivity index (χ1v) is 6.50. The van der Waals surface area contributed by atoms with Crippen LogP contribution in [0.25, 0.3) is 0 Å². The van der Waals surface area contributed by atoms with Crippen molar-refractivity contribution in [3.8, 4) is 0 Å². The van der Waals surface area contributed by atoms with Crippen LogP contribution in [0.3, 0.4) is 0 Å². The minimum atomic E-state index is 0.0550. The highest BCUT2D eigenvalue weighted by molar-refractivity contribution is 5.92. The summed E-state index contributed by atoms with van der Waals surface area (Å²) in [5.41, 5.74) is 1.56. The van der Waals surface area contributed by atoms with Gasteiger partial charge in [-0.15, -0.1) is 0 Å². The van der Waals surface area contributed by atoms with Crippen molar-refractivity contribution in [2.24, 2.45) is 0 Å². The van der Waals surface area contributed by atoms with Gasteiger partial charge in [0.1, 0.15) is 5.69 Å². The monoisotopic (exact) mass is 251 g/mol. The lowest BCUT2D eigenvalue weighted by atomic mass is 10.2. The molecule has 0 aromatic carbocycles. The van der Waals surface area contributed by atoms with E-state index in [2.05, 4.69) is 5.10 Å². The Hall–Kier alpha value is -1.36. The Morgan fingerprint density at radius 2 is 2.06 bits per heavy atom. The Kier molecular flexibility index (Phi) is 3.71. The number of aromatic nitrogens is 2. The van der Waals surface area contributed by atoms with E-state index in [9.17, 15) is 4.79 Å². The summed E-state index contributed by atoms with van der Waals surface area (Å²) in [6, 6.07) is 1.86. The Labute approximate surface area is 108 Å². The van der Waals surface area contributed by atoms with Crippen LogP contribution >= 0.6 is 0 Å². The number of ether oxygens (including phenoxy) is 1. The van der Waals surface area contributed by atoms with Gasteiger partial charge in [0.05, 0.1) is 17.9 Å². The fourth-order valence-electron chi connectivity index (χ4n) is 2.46. The minimum Gasteiger partial charge on any atom is -0.372 e. The Morgan fingerprint density at radius 3 is 2.61 bits per heavy atom. The maximum atomic E-state index is 12.5. The largest absolute Gasteiger partial charge is 0.372 e. The van der Waals surface area contributed by atoms with Crippen LogP contribution in [0.5, 0.6) is 0 Å². The molecule has 1 aliphatic rings. The first-order chi connectivity index (χ1) is 8.51. The van der Waals surface area contributed by atoms with E-state index in [1.165, 1.54) is 0 Å². The van der Waals surface area contributed by atoms with Gasteiger partial charge in [-0.1, -0.05) is 0 Å². The molecule has 2 heterocycles. The molecular formula is C13H21N3O2. The van der Waals surface area contributed by atoms with Gasteiger partial charge >= 0.3 is 0 Å². The number of carbonyl (C=O) groups is 1. The molecule has 0 saturated carbocycles. The van der Waals surface area contributed by atoms with Gasteiger partial charge in [-0.05, 0) is 33.8 Å². The van der Waals surface area contributed by atoms with Crippen molar-refractivity contribution in [1.82, 2.24) is 14.7 Å². The van der Waals surface area contributed by atoms with Gasteiger partial charge in [0.25, 0.3) is 5.91 Å². The molecule has 2 atom stereocenters.